The van der Waals surface area contributed by atoms with Gasteiger partial charge in [-0.1, -0.05) is 182 Å². The molecule has 56 heavy (non-hydrogen) atoms. The summed E-state index contributed by atoms with van der Waals surface area (Å²) >= 11 is 0. The summed E-state index contributed by atoms with van der Waals surface area (Å²) in [6.45, 7) is 0. The van der Waals surface area contributed by atoms with Crippen LogP contribution in [-0.2, 0) is 5.41 Å². The predicted octanol–water partition coefficient (Wildman–Crippen LogP) is 12.3. The molecule has 1 aliphatic carbocycles. The summed E-state index contributed by atoms with van der Waals surface area (Å²) in [5.41, 5.74) is 12.6. The van der Waals surface area contributed by atoms with Crippen LogP contribution in [0.1, 0.15) is 22.5 Å². The maximum atomic E-state index is 5.60. The zero-order chi connectivity index (χ0) is 37.1. The molecular formula is C52H34N4. The summed E-state index contributed by atoms with van der Waals surface area (Å²) in [6, 6.07) is 73.1. The highest BCUT2D eigenvalue weighted by Crippen LogP contribution is 2.55. The van der Waals surface area contributed by atoms with Gasteiger partial charge in [-0.25, -0.2) is 4.98 Å². The Balaban J connectivity index is 1.21. The highest BCUT2D eigenvalue weighted by molar-refractivity contribution is 6.09. The summed E-state index contributed by atoms with van der Waals surface area (Å²) < 4.78 is 2.21. The van der Waals surface area contributed by atoms with E-state index in [1.807, 2.05) is 0 Å². The van der Waals surface area contributed by atoms with Gasteiger partial charge in [-0.2, -0.15) is 9.97 Å². The molecule has 0 bridgehead atoms. The van der Waals surface area contributed by atoms with Crippen LogP contribution in [-0.4, -0.2) is 19.5 Å². The maximum Gasteiger partial charge on any atom is 0.238 e. The molecule has 0 radical (unpaired) electrons. The SMILES string of the molecule is c1ccc(-c2cccc(-c3cccc(-c4nc(-n5c6ccccc6c6ccccc65)nc(C5(c6ccccc6)c6ccccc6-c6ccccc65)n4)c3)c2)cc1. The third-order valence-electron chi connectivity index (χ3n) is 11.3. The molecule has 4 nitrogen and oxygen atoms in total. The lowest BCUT2D eigenvalue weighted by molar-refractivity contribution is 0.683. The summed E-state index contributed by atoms with van der Waals surface area (Å²) in [6.07, 6.45) is 0. The van der Waals surface area contributed by atoms with Gasteiger partial charge in [-0.05, 0) is 74.3 Å². The number of hydrogen-bond acceptors (Lipinski definition) is 3. The minimum absolute atomic E-state index is 0.580. The number of aromatic nitrogens is 4. The number of rotatable bonds is 6. The summed E-state index contributed by atoms with van der Waals surface area (Å²) in [7, 11) is 0. The molecule has 4 heteroatoms. The fraction of sp³-hybridized carbons (Fsp3) is 0.0192. The van der Waals surface area contributed by atoms with Crippen LogP contribution in [0.25, 0.3) is 72.5 Å². The molecule has 0 fully saturated rings. The van der Waals surface area contributed by atoms with Gasteiger partial charge in [0.05, 0.1) is 11.0 Å². The van der Waals surface area contributed by atoms with E-state index in [4.69, 9.17) is 15.0 Å². The van der Waals surface area contributed by atoms with E-state index in [1.165, 1.54) is 22.3 Å². The second-order valence-electron chi connectivity index (χ2n) is 14.4. The average molecular weight is 715 g/mol. The van der Waals surface area contributed by atoms with E-state index in [9.17, 15) is 0 Å². The van der Waals surface area contributed by atoms with Crippen molar-refractivity contribution >= 4 is 21.8 Å². The fourth-order valence-electron chi connectivity index (χ4n) is 8.85. The normalized spacial score (nSPS) is 12.8. The number of para-hydroxylation sites is 2. The van der Waals surface area contributed by atoms with Gasteiger partial charge in [0.1, 0.15) is 5.41 Å². The molecule has 0 unspecified atom stereocenters. The molecule has 11 rings (SSSR count). The van der Waals surface area contributed by atoms with Gasteiger partial charge in [0.15, 0.2) is 11.6 Å². The molecule has 262 valence electrons. The smallest absolute Gasteiger partial charge is 0.238 e. The van der Waals surface area contributed by atoms with E-state index < -0.39 is 5.41 Å². The Bertz CT molecular complexity index is 2990. The minimum Gasteiger partial charge on any atom is -0.278 e. The van der Waals surface area contributed by atoms with Crippen LogP contribution >= 0.6 is 0 Å². The highest BCUT2D eigenvalue weighted by Gasteiger charge is 2.48. The van der Waals surface area contributed by atoms with Crippen molar-refractivity contribution in [3.05, 3.63) is 229 Å². The van der Waals surface area contributed by atoms with Crippen molar-refractivity contribution in [1.29, 1.82) is 0 Å². The van der Waals surface area contributed by atoms with Crippen LogP contribution < -0.4 is 0 Å². The lowest BCUT2D eigenvalue weighted by Gasteiger charge is -2.32. The topological polar surface area (TPSA) is 43.6 Å². The third-order valence-corrected chi connectivity index (χ3v) is 11.3. The Morgan fingerprint density at radius 3 is 1.45 bits per heavy atom. The third kappa shape index (κ3) is 4.89. The number of fused-ring (bicyclic) bond motifs is 6. The Labute approximate surface area is 325 Å². The van der Waals surface area contributed by atoms with Crippen molar-refractivity contribution in [2.24, 2.45) is 0 Å². The molecule has 0 aliphatic heterocycles. The van der Waals surface area contributed by atoms with E-state index in [0.29, 0.717) is 17.6 Å². The van der Waals surface area contributed by atoms with Crippen LogP contribution in [0, 0.1) is 0 Å². The molecule has 2 heterocycles. The standard InChI is InChI=1S/C52H34N4/c1-3-17-35(18-4-1)36-19-15-20-37(33-36)38-21-16-22-39(34-38)49-53-50(55-51(54-49)56-47-31-13-9-27-43(47)44-28-10-14-32-48(44)56)52(40-23-5-2-6-24-40)45-29-11-7-25-41(45)42-26-8-12-30-46(42)52/h1-34H. The second kappa shape index (κ2) is 12.9. The molecule has 1 aliphatic rings. The molecule has 8 aromatic carbocycles. The van der Waals surface area contributed by atoms with E-state index in [2.05, 4.69) is 211 Å². The summed E-state index contributed by atoms with van der Waals surface area (Å²) in [4.78, 5) is 16.6. The Hall–Kier alpha value is -7.43. The van der Waals surface area contributed by atoms with Gasteiger partial charge in [-0.3, -0.25) is 4.57 Å². The van der Waals surface area contributed by atoms with E-state index >= 15 is 0 Å². The highest BCUT2D eigenvalue weighted by atomic mass is 15.2. The molecule has 0 amide bonds. The van der Waals surface area contributed by atoms with Gasteiger partial charge in [0, 0.05) is 16.3 Å². The first kappa shape index (κ1) is 32.0. The fourth-order valence-corrected chi connectivity index (χ4v) is 8.85. The minimum atomic E-state index is -0.804. The zero-order valence-corrected chi connectivity index (χ0v) is 30.4. The molecule has 0 N–H and O–H groups in total. The Morgan fingerprint density at radius 1 is 0.357 bits per heavy atom. The quantitative estimate of drug-likeness (QED) is 0.172. The summed E-state index contributed by atoms with van der Waals surface area (Å²) in [5.74, 6) is 1.88. The van der Waals surface area contributed by atoms with Crippen LogP contribution in [0.4, 0.5) is 0 Å². The van der Waals surface area contributed by atoms with Gasteiger partial charge in [0.2, 0.25) is 5.95 Å². The van der Waals surface area contributed by atoms with Crippen molar-refractivity contribution in [2.75, 3.05) is 0 Å². The van der Waals surface area contributed by atoms with Crippen molar-refractivity contribution in [1.82, 2.24) is 19.5 Å². The second-order valence-corrected chi connectivity index (χ2v) is 14.4. The zero-order valence-electron chi connectivity index (χ0n) is 30.4. The first-order valence-corrected chi connectivity index (χ1v) is 19.0. The molecule has 0 saturated heterocycles. The van der Waals surface area contributed by atoms with Crippen molar-refractivity contribution < 1.29 is 0 Å². The maximum absolute atomic E-state index is 5.60. The van der Waals surface area contributed by atoms with Crippen LogP contribution in [0.2, 0.25) is 0 Å². The first-order chi connectivity index (χ1) is 27.8. The molecule has 0 saturated carbocycles. The molecule has 2 aromatic heterocycles. The first-order valence-electron chi connectivity index (χ1n) is 19.0. The number of hydrogen-bond donors (Lipinski definition) is 0. The van der Waals surface area contributed by atoms with Crippen molar-refractivity contribution in [2.45, 2.75) is 5.41 Å². The predicted molar refractivity (Wildman–Crippen MR) is 228 cm³/mol. The largest absolute Gasteiger partial charge is 0.278 e. The van der Waals surface area contributed by atoms with Gasteiger partial charge in [-0.15, -0.1) is 0 Å². The van der Waals surface area contributed by atoms with E-state index in [0.717, 1.165) is 55.2 Å². The Morgan fingerprint density at radius 2 is 0.821 bits per heavy atom. The monoisotopic (exact) mass is 714 g/mol. The van der Waals surface area contributed by atoms with E-state index in [1.54, 1.807) is 0 Å². The van der Waals surface area contributed by atoms with E-state index in [-0.39, 0.29) is 0 Å². The van der Waals surface area contributed by atoms with Crippen LogP contribution in [0.3, 0.4) is 0 Å². The number of benzene rings is 8. The summed E-state index contributed by atoms with van der Waals surface area (Å²) in [5, 5.41) is 2.31. The number of nitrogens with zero attached hydrogens (tertiary/aromatic N) is 4. The van der Waals surface area contributed by atoms with Gasteiger partial charge < -0.3 is 0 Å². The van der Waals surface area contributed by atoms with Crippen LogP contribution in [0.15, 0.2) is 206 Å². The van der Waals surface area contributed by atoms with Gasteiger partial charge in [0.25, 0.3) is 0 Å². The molecule has 0 spiro atoms. The average Bonchev–Trinajstić information content (AvgIpc) is 3.78. The van der Waals surface area contributed by atoms with Crippen LogP contribution in [0.5, 0.6) is 0 Å². The molecular weight excluding hydrogens is 681 g/mol. The Kier molecular flexibility index (Phi) is 7.36. The lowest BCUT2D eigenvalue weighted by atomic mass is 9.71. The van der Waals surface area contributed by atoms with Crippen molar-refractivity contribution in [3.8, 4) is 50.7 Å². The van der Waals surface area contributed by atoms with Crippen molar-refractivity contribution in [3.63, 3.8) is 0 Å². The lowest BCUT2D eigenvalue weighted by Crippen LogP contribution is -2.32. The molecule has 0 atom stereocenters. The molecule has 10 aromatic rings. The van der Waals surface area contributed by atoms with Gasteiger partial charge >= 0.3 is 0 Å².